The van der Waals surface area contributed by atoms with E-state index in [1.165, 1.54) is 18.2 Å². The Hall–Kier alpha value is -1.70. The molecule has 0 aromatic heterocycles. The Morgan fingerprint density at radius 1 is 1.24 bits per heavy atom. The van der Waals surface area contributed by atoms with Gasteiger partial charge in [0.05, 0.1) is 11.4 Å². The second-order valence-corrected chi connectivity index (χ2v) is 6.80. The topological polar surface area (TPSA) is 23.6 Å². The number of hydrogen-bond acceptors (Lipinski definition) is 3. The molecule has 0 aliphatic carbocycles. The molecule has 0 radical (unpaired) electrons. The van der Waals surface area contributed by atoms with Crippen LogP contribution < -0.4 is 4.90 Å². The lowest BCUT2D eigenvalue weighted by Gasteiger charge is -2.36. The van der Waals surface area contributed by atoms with E-state index in [-0.39, 0.29) is 11.6 Å². The SMILES string of the molecule is C/C=C\C(=O)N1CCN(c2cc(SCC(F)(F)F)c(C)cc2F)CC1. The Morgan fingerprint density at radius 3 is 2.44 bits per heavy atom. The van der Waals surface area contributed by atoms with Crippen LogP contribution in [0.5, 0.6) is 0 Å². The van der Waals surface area contributed by atoms with E-state index in [0.717, 1.165) is 0 Å². The fourth-order valence-corrected chi connectivity index (χ4v) is 3.42. The van der Waals surface area contributed by atoms with E-state index < -0.39 is 17.7 Å². The summed E-state index contributed by atoms with van der Waals surface area (Å²) < 4.78 is 51.6. The summed E-state index contributed by atoms with van der Waals surface area (Å²) in [6.45, 7) is 5.12. The van der Waals surface area contributed by atoms with Crippen LogP contribution in [0.2, 0.25) is 0 Å². The molecule has 1 aliphatic heterocycles. The number of anilines is 1. The van der Waals surface area contributed by atoms with Gasteiger partial charge in [0.1, 0.15) is 5.82 Å². The molecule has 8 heteroatoms. The summed E-state index contributed by atoms with van der Waals surface area (Å²) in [5.41, 5.74) is 0.769. The number of rotatable bonds is 4. The van der Waals surface area contributed by atoms with Gasteiger partial charge in [-0.1, -0.05) is 6.08 Å². The van der Waals surface area contributed by atoms with Gasteiger partial charge in [-0.3, -0.25) is 4.79 Å². The average Bonchev–Trinajstić information content (AvgIpc) is 2.53. The molecule has 0 unspecified atom stereocenters. The normalized spacial score (nSPS) is 15.9. The molecule has 1 aliphatic rings. The van der Waals surface area contributed by atoms with Gasteiger partial charge < -0.3 is 9.80 Å². The van der Waals surface area contributed by atoms with Crippen LogP contribution in [0.1, 0.15) is 12.5 Å². The van der Waals surface area contributed by atoms with E-state index in [1.807, 2.05) is 0 Å². The van der Waals surface area contributed by atoms with Crippen molar-refractivity contribution in [2.45, 2.75) is 24.9 Å². The van der Waals surface area contributed by atoms with Gasteiger partial charge in [0.15, 0.2) is 0 Å². The number of halogens is 4. The van der Waals surface area contributed by atoms with E-state index in [9.17, 15) is 22.4 Å². The molecule has 138 valence electrons. The number of benzene rings is 1. The summed E-state index contributed by atoms with van der Waals surface area (Å²) >= 11 is 0.661. The Bertz CT molecular complexity index is 653. The van der Waals surface area contributed by atoms with Gasteiger partial charge in [-0.15, -0.1) is 11.8 Å². The van der Waals surface area contributed by atoms with E-state index in [0.29, 0.717) is 48.4 Å². The minimum absolute atomic E-state index is 0.0899. The number of allylic oxidation sites excluding steroid dienone is 1. The highest BCUT2D eigenvalue weighted by molar-refractivity contribution is 7.99. The van der Waals surface area contributed by atoms with Crippen LogP contribution in [0.15, 0.2) is 29.2 Å². The fraction of sp³-hybridized carbons (Fsp3) is 0.471. The van der Waals surface area contributed by atoms with Gasteiger partial charge in [0, 0.05) is 31.1 Å². The van der Waals surface area contributed by atoms with Crippen molar-refractivity contribution in [2.24, 2.45) is 0 Å². The predicted octanol–water partition coefficient (Wildman–Crippen LogP) is 4.01. The molecule has 2 rings (SSSR count). The first-order valence-corrected chi connectivity index (χ1v) is 8.86. The maximum Gasteiger partial charge on any atom is 0.398 e. The molecule has 3 nitrogen and oxygen atoms in total. The van der Waals surface area contributed by atoms with Gasteiger partial charge in [-0.05, 0) is 37.6 Å². The van der Waals surface area contributed by atoms with E-state index >= 15 is 0 Å². The largest absolute Gasteiger partial charge is 0.398 e. The maximum absolute atomic E-state index is 14.3. The quantitative estimate of drug-likeness (QED) is 0.451. The highest BCUT2D eigenvalue weighted by Crippen LogP contribution is 2.34. The van der Waals surface area contributed by atoms with Crippen molar-refractivity contribution in [1.29, 1.82) is 0 Å². The number of hydrogen-bond donors (Lipinski definition) is 0. The lowest BCUT2D eigenvalue weighted by Crippen LogP contribution is -2.48. The summed E-state index contributed by atoms with van der Waals surface area (Å²) in [6.07, 6.45) is -1.13. The van der Waals surface area contributed by atoms with Crippen LogP contribution in [0, 0.1) is 12.7 Å². The van der Waals surface area contributed by atoms with Crippen molar-refractivity contribution in [3.05, 3.63) is 35.7 Å². The summed E-state index contributed by atoms with van der Waals surface area (Å²) in [7, 11) is 0. The van der Waals surface area contributed by atoms with Crippen molar-refractivity contribution < 1.29 is 22.4 Å². The summed E-state index contributed by atoms with van der Waals surface area (Å²) in [4.78, 5) is 15.7. The molecule has 0 N–H and O–H groups in total. The first-order chi connectivity index (χ1) is 11.7. The number of aryl methyl sites for hydroxylation is 1. The third-order valence-corrected chi connectivity index (χ3v) is 5.10. The number of piperazine rings is 1. The molecular formula is C17H20F4N2OS. The van der Waals surface area contributed by atoms with Gasteiger partial charge in [0.2, 0.25) is 5.91 Å². The number of thioether (sulfide) groups is 1. The number of nitrogens with zero attached hydrogens (tertiary/aromatic N) is 2. The highest BCUT2D eigenvalue weighted by Gasteiger charge is 2.28. The third kappa shape index (κ3) is 5.39. The van der Waals surface area contributed by atoms with Crippen LogP contribution in [-0.4, -0.2) is 48.9 Å². The van der Waals surface area contributed by atoms with E-state index in [4.69, 9.17) is 0 Å². The Balaban J connectivity index is 2.10. The van der Waals surface area contributed by atoms with E-state index in [2.05, 4.69) is 0 Å². The van der Waals surface area contributed by atoms with Crippen LogP contribution in [0.4, 0.5) is 23.2 Å². The molecule has 0 saturated carbocycles. The zero-order valence-corrected chi connectivity index (χ0v) is 14.9. The monoisotopic (exact) mass is 376 g/mol. The second kappa shape index (κ2) is 8.12. The Morgan fingerprint density at radius 2 is 1.88 bits per heavy atom. The van der Waals surface area contributed by atoms with Gasteiger partial charge >= 0.3 is 6.18 Å². The lowest BCUT2D eigenvalue weighted by atomic mass is 10.2. The van der Waals surface area contributed by atoms with Crippen LogP contribution >= 0.6 is 11.8 Å². The van der Waals surface area contributed by atoms with Crippen molar-refractivity contribution in [1.82, 2.24) is 4.90 Å². The van der Waals surface area contributed by atoms with Crippen molar-refractivity contribution in [3.63, 3.8) is 0 Å². The predicted molar refractivity (Wildman–Crippen MR) is 91.5 cm³/mol. The smallest absolute Gasteiger partial charge is 0.366 e. The molecule has 25 heavy (non-hydrogen) atoms. The molecule has 1 aromatic rings. The molecule has 0 bridgehead atoms. The van der Waals surface area contributed by atoms with Gasteiger partial charge in [0.25, 0.3) is 0 Å². The van der Waals surface area contributed by atoms with Crippen LogP contribution in [0.3, 0.4) is 0 Å². The first kappa shape index (κ1) is 19.6. The summed E-state index contributed by atoms with van der Waals surface area (Å²) in [5, 5.41) is 0. The molecule has 1 aromatic carbocycles. The zero-order valence-electron chi connectivity index (χ0n) is 14.1. The minimum Gasteiger partial charge on any atom is -0.366 e. The number of amides is 1. The summed E-state index contributed by atoms with van der Waals surface area (Å²) in [5.74, 6) is -1.56. The fourth-order valence-electron chi connectivity index (χ4n) is 2.62. The zero-order chi connectivity index (χ0) is 18.6. The molecule has 0 atom stereocenters. The lowest BCUT2D eigenvalue weighted by molar-refractivity contribution is -0.126. The maximum atomic E-state index is 14.3. The number of carbonyl (C=O) groups excluding carboxylic acids is 1. The first-order valence-electron chi connectivity index (χ1n) is 7.87. The second-order valence-electron chi connectivity index (χ2n) is 5.79. The Kier molecular flexibility index (Phi) is 6.37. The molecule has 1 amide bonds. The average molecular weight is 376 g/mol. The van der Waals surface area contributed by atoms with Crippen molar-refractivity contribution in [3.8, 4) is 0 Å². The van der Waals surface area contributed by atoms with Gasteiger partial charge in [-0.2, -0.15) is 13.2 Å². The van der Waals surface area contributed by atoms with Gasteiger partial charge in [-0.25, -0.2) is 4.39 Å². The Labute approximate surface area is 148 Å². The van der Waals surface area contributed by atoms with E-state index in [1.54, 1.807) is 29.7 Å². The standard InChI is InChI=1S/C17H20F4N2OS/c1-3-4-16(24)23-7-5-22(6-8-23)14-10-15(12(2)9-13(14)18)25-11-17(19,20)21/h3-4,9-10H,5-8,11H2,1-2H3/b4-3-. The third-order valence-electron chi connectivity index (χ3n) is 3.88. The van der Waals surface area contributed by atoms with Crippen molar-refractivity contribution in [2.75, 3.05) is 36.8 Å². The number of carbonyl (C=O) groups is 1. The molecular weight excluding hydrogens is 356 g/mol. The minimum atomic E-state index is -4.27. The summed E-state index contributed by atoms with van der Waals surface area (Å²) in [6, 6.07) is 2.75. The highest BCUT2D eigenvalue weighted by atomic mass is 32.2. The van der Waals surface area contributed by atoms with Crippen LogP contribution in [0.25, 0.3) is 0 Å². The van der Waals surface area contributed by atoms with Crippen LogP contribution in [-0.2, 0) is 4.79 Å². The molecule has 1 heterocycles. The molecule has 0 spiro atoms. The molecule has 1 saturated heterocycles. The van der Waals surface area contributed by atoms with Crippen molar-refractivity contribution >= 4 is 23.4 Å². The molecule has 1 fully saturated rings. The number of alkyl halides is 3.